The topological polar surface area (TPSA) is 69.8 Å². The van der Waals surface area contributed by atoms with E-state index >= 15 is 0 Å². The molecule has 0 saturated heterocycles. The SMILES string of the molecule is CCn1c2ccccc2c2cc(NCCC(C)CC(=O)Nc3ccc(C#N)cc3)ccc21. The van der Waals surface area contributed by atoms with E-state index in [-0.39, 0.29) is 11.8 Å². The zero-order chi connectivity index (χ0) is 22.5. The Morgan fingerprint density at radius 2 is 1.72 bits per heavy atom. The molecule has 0 fully saturated rings. The minimum Gasteiger partial charge on any atom is -0.385 e. The maximum atomic E-state index is 12.3. The van der Waals surface area contributed by atoms with E-state index in [1.54, 1.807) is 24.3 Å². The van der Waals surface area contributed by atoms with Crippen LogP contribution in [-0.4, -0.2) is 17.0 Å². The van der Waals surface area contributed by atoms with E-state index in [1.807, 2.05) is 0 Å². The molecule has 32 heavy (non-hydrogen) atoms. The smallest absolute Gasteiger partial charge is 0.224 e. The Balaban J connectivity index is 1.33. The number of nitrogens with zero attached hydrogens (tertiary/aromatic N) is 2. The van der Waals surface area contributed by atoms with E-state index in [2.05, 4.69) is 77.6 Å². The number of carbonyl (C=O) groups excluding carboxylic acids is 1. The Labute approximate surface area is 188 Å². The van der Waals surface area contributed by atoms with Gasteiger partial charge in [0.15, 0.2) is 0 Å². The van der Waals surface area contributed by atoms with Gasteiger partial charge in [-0.25, -0.2) is 0 Å². The lowest BCUT2D eigenvalue weighted by Crippen LogP contribution is -2.17. The first-order chi connectivity index (χ1) is 15.6. The van der Waals surface area contributed by atoms with Crippen LogP contribution in [0.15, 0.2) is 66.7 Å². The highest BCUT2D eigenvalue weighted by molar-refractivity contribution is 6.09. The van der Waals surface area contributed by atoms with Crippen LogP contribution in [0.2, 0.25) is 0 Å². The number of amides is 1. The number of anilines is 2. The van der Waals surface area contributed by atoms with Crippen LogP contribution in [0.4, 0.5) is 11.4 Å². The van der Waals surface area contributed by atoms with Gasteiger partial charge in [0.2, 0.25) is 5.91 Å². The monoisotopic (exact) mass is 424 g/mol. The Hall–Kier alpha value is -3.78. The summed E-state index contributed by atoms with van der Waals surface area (Å²) >= 11 is 0. The molecule has 0 aliphatic heterocycles. The molecule has 5 nitrogen and oxygen atoms in total. The largest absolute Gasteiger partial charge is 0.385 e. The highest BCUT2D eigenvalue weighted by Gasteiger charge is 2.11. The number of rotatable bonds is 8. The Morgan fingerprint density at radius 1 is 1.00 bits per heavy atom. The van der Waals surface area contributed by atoms with E-state index in [9.17, 15) is 4.79 Å². The second-order valence-electron chi connectivity index (χ2n) is 8.26. The first-order valence-electron chi connectivity index (χ1n) is 11.1. The zero-order valence-corrected chi connectivity index (χ0v) is 18.6. The molecule has 0 spiro atoms. The predicted octanol–water partition coefficient (Wildman–Crippen LogP) is 6.15. The molecule has 1 atom stereocenters. The van der Waals surface area contributed by atoms with Crippen LogP contribution in [0.5, 0.6) is 0 Å². The van der Waals surface area contributed by atoms with Crippen molar-refractivity contribution < 1.29 is 4.79 Å². The number of nitriles is 1. The second-order valence-corrected chi connectivity index (χ2v) is 8.26. The predicted molar refractivity (Wildman–Crippen MR) is 132 cm³/mol. The summed E-state index contributed by atoms with van der Waals surface area (Å²) in [6, 6.07) is 24.1. The van der Waals surface area contributed by atoms with Gasteiger partial charge in [-0.1, -0.05) is 25.1 Å². The van der Waals surface area contributed by atoms with Crippen LogP contribution in [0.3, 0.4) is 0 Å². The van der Waals surface area contributed by atoms with E-state index in [0.717, 1.165) is 30.9 Å². The van der Waals surface area contributed by atoms with Gasteiger partial charge in [-0.3, -0.25) is 4.79 Å². The molecule has 3 aromatic carbocycles. The first kappa shape index (κ1) is 21.5. The summed E-state index contributed by atoms with van der Waals surface area (Å²) in [4.78, 5) is 12.3. The lowest BCUT2D eigenvalue weighted by molar-refractivity contribution is -0.117. The van der Waals surface area contributed by atoms with E-state index in [1.165, 1.54) is 21.8 Å². The van der Waals surface area contributed by atoms with E-state index in [0.29, 0.717) is 12.0 Å². The van der Waals surface area contributed by atoms with Crippen molar-refractivity contribution >= 4 is 39.1 Å². The summed E-state index contributed by atoms with van der Waals surface area (Å²) in [5.41, 5.74) is 4.93. The van der Waals surface area contributed by atoms with Gasteiger partial charge in [-0.15, -0.1) is 0 Å². The van der Waals surface area contributed by atoms with Gasteiger partial charge in [-0.2, -0.15) is 5.26 Å². The third-order valence-corrected chi connectivity index (χ3v) is 5.89. The van der Waals surface area contributed by atoms with Gasteiger partial charge in [0.05, 0.1) is 11.6 Å². The number of para-hydroxylation sites is 1. The van der Waals surface area contributed by atoms with Gasteiger partial charge in [-0.05, 0) is 67.8 Å². The van der Waals surface area contributed by atoms with Gasteiger partial charge in [0.25, 0.3) is 0 Å². The number of hydrogen-bond acceptors (Lipinski definition) is 3. The molecule has 0 bridgehead atoms. The number of fused-ring (bicyclic) bond motifs is 3. The van der Waals surface area contributed by atoms with Gasteiger partial charge in [0.1, 0.15) is 0 Å². The minimum atomic E-state index is -0.00370. The van der Waals surface area contributed by atoms with Crippen LogP contribution in [-0.2, 0) is 11.3 Å². The second kappa shape index (κ2) is 9.57. The molecule has 1 unspecified atom stereocenters. The molecule has 2 N–H and O–H groups in total. The van der Waals surface area contributed by atoms with E-state index < -0.39 is 0 Å². The number of aromatic nitrogens is 1. The third-order valence-electron chi connectivity index (χ3n) is 5.89. The van der Waals surface area contributed by atoms with Gasteiger partial charge < -0.3 is 15.2 Å². The highest BCUT2D eigenvalue weighted by Crippen LogP contribution is 2.31. The molecular weight excluding hydrogens is 396 g/mol. The van der Waals surface area contributed by atoms with Crippen molar-refractivity contribution in [1.29, 1.82) is 5.26 Å². The van der Waals surface area contributed by atoms with Crippen molar-refractivity contribution in [3.8, 4) is 6.07 Å². The summed E-state index contributed by atoms with van der Waals surface area (Å²) in [6.45, 7) is 6.02. The third kappa shape index (κ3) is 4.60. The summed E-state index contributed by atoms with van der Waals surface area (Å²) < 4.78 is 2.35. The van der Waals surface area contributed by atoms with Crippen molar-refractivity contribution in [1.82, 2.24) is 4.57 Å². The fraction of sp³-hybridized carbons (Fsp3) is 0.259. The van der Waals surface area contributed by atoms with Crippen molar-refractivity contribution in [3.63, 3.8) is 0 Å². The Morgan fingerprint density at radius 3 is 2.47 bits per heavy atom. The van der Waals surface area contributed by atoms with E-state index in [4.69, 9.17) is 5.26 Å². The summed E-state index contributed by atoms with van der Waals surface area (Å²) in [5.74, 6) is 0.252. The van der Waals surface area contributed by atoms with Crippen LogP contribution in [0, 0.1) is 17.2 Å². The van der Waals surface area contributed by atoms with Crippen molar-refractivity contribution in [2.45, 2.75) is 33.2 Å². The fourth-order valence-corrected chi connectivity index (χ4v) is 4.23. The number of carbonyl (C=O) groups is 1. The minimum absolute atomic E-state index is 0.00370. The summed E-state index contributed by atoms with van der Waals surface area (Å²) in [7, 11) is 0. The van der Waals surface area contributed by atoms with Crippen LogP contribution >= 0.6 is 0 Å². The summed E-state index contributed by atoms with van der Waals surface area (Å²) in [6.07, 6.45) is 1.36. The fourth-order valence-electron chi connectivity index (χ4n) is 4.23. The molecule has 1 aromatic heterocycles. The molecule has 0 saturated carbocycles. The van der Waals surface area contributed by atoms with Gasteiger partial charge >= 0.3 is 0 Å². The molecule has 0 radical (unpaired) electrons. The molecule has 162 valence electrons. The van der Waals surface area contributed by atoms with Gasteiger partial charge in [0, 0.05) is 52.7 Å². The summed E-state index contributed by atoms with van der Waals surface area (Å²) in [5, 5.41) is 17.8. The molecule has 1 heterocycles. The standard InChI is InChI=1S/C27H28N4O/c1-3-31-25-7-5-4-6-23(25)24-17-22(12-13-26(24)31)29-15-14-19(2)16-27(32)30-21-10-8-20(18-28)9-11-21/h4-13,17,19,29H,3,14-16H2,1-2H3,(H,30,32). The molecule has 4 aromatic rings. The average Bonchev–Trinajstić information content (AvgIpc) is 3.12. The quantitative estimate of drug-likeness (QED) is 0.356. The van der Waals surface area contributed by atoms with Crippen molar-refractivity contribution in [2.75, 3.05) is 17.2 Å². The zero-order valence-electron chi connectivity index (χ0n) is 18.6. The molecular formula is C27H28N4O. The number of benzene rings is 3. The number of aryl methyl sites for hydroxylation is 1. The lowest BCUT2D eigenvalue weighted by Gasteiger charge is -2.13. The molecule has 0 aliphatic carbocycles. The maximum absolute atomic E-state index is 12.3. The molecule has 5 heteroatoms. The maximum Gasteiger partial charge on any atom is 0.224 e. The van der Waals surface area contributed by atoms with Crippen LogP contribution in [0.25, 0.3) is 21.8 Å². The Kier molecular flexibility index (Phi) is 6.42. The highest BCUT2D eigenvalue weighted by atomic mass is 16.1. The number of hydrogen-bond donors (Lipinski definition) is 2. The molecule has 0 aliphatic rings. The van der Waals surface area contributed by atoms with Crippen LogP contribution < -0.4 is 10.6 Å². The average molecular weight is 425 g/mol. The molecule has 4 rings (SSSR count). The molecule has 1 amide bonds. The normalized spacial score (nSPS) is 11.9. The number of nitrogens with one attached hydrogen (secondary N) is 2. The Bertz CT molecular complexity index is 1280. The first-order valence-corrected chi connectivity index (χ1v) is 11.1. The van der Waals surface area contributed by atoms with Crippen LogP contribution in [0.1, 0.15) is 32.3 Å². The van der Waals surface area contributed by atoms with Crippen molar-refractivity contribution in [2.24, 2.45) is 5.92 Å². The lowest BCUT2D eigenvalue weighted by atomic mass is 10.0. The van der Waals surface area contributed by atoms with Crippen molar-refractivity contribution in [3.05, 3.63) is 72.3 Å².